The first kappa shape index (κ1) is 20.7. The Bertz CT molecular complexity index is 928. The summed E-state index contributed by atoms with van der Waals surface area (Å²) < 4.78 is 16.7. The molecule has 0 bridgehead atoms. The summed E-state index contributed by atoms with van der Waals surface area (Å²) in [6.07, 6.45) is 0. The fraction of sp³-hybridized carbons (Fsp3) is 0.273. The summed E-state index contributed by atoms with van der Waals surface area (Å²) in [5, 5.41) is 6.74. The molecular weight excluding hydrogens is 388 g/mol. The lowest BCUT2D eigenvalue weighted by atomic mass is 9.92. The maximum atomic E-state index is 13.0. The van der Waals surface area contributed by atoms with Crippen molar-refractivity contribution in [1.82, 2.24) is 10.6 Å². The molecule has 0 saturated heterocycles. The van der Waals surface area contributed by atoms with Gasteiger partial charge in [-0.3, -0.25) is 0 Å². The molecule has 152 valence electrons. The number of hydrogen-bond donors (Lipinski definition) is 2. The number of carbonyl (C=O) groups excluding carboxylic acids is 1. The lowest BCUT2D eigenvalue weighted by molar-refractivity contribution is -0.138. The number of para-hydroxylation sites is 1. The molecule has 1 aliphatic rings. The molecule has 2 N–H and O–H groups in total. The lowest BCUT2D eigenvalue weighted by Gasteiger charge is -2.32. The second kappa shape index (κ2) is 9.43. The van der Waals surface area contributed by atoms with E-state index in [2.05, 4.69) is 10.6 Å². The minimum Gasteiger partial charge on any atom is -0.493 e. The summed E-state index contributed by atoms with van der Waals surface area (Å²) in [4.78, 5) is 13.0. The highest BCUT2D eigenvalue weighted by atomic mass is 32.1. The Morgan fingerprint density at radius 2 is 1.83 bits per heavy atom. The summed E-state index contributed by atoms with van der Waals surface area (Å²) in [6.45, 7) is 4.39. The van der Waals surface area contributed by atoms with E-state index in [1.54, 1.807) is 14.0 Å². The molecule has 1 atom stereocenters. The summed E-state index contributed by atoms with van der Waals surface area (Å²) >= 11 is 5.45. The van der Waals surface area contributed by atoms with Crippen LogP contribution in [0.25, 0.3) is 5.70 Å². The first-order chi connectivity index (χ1) is 14.1. The first-order valence-corrected chi connectivity index (χ1v) is 9.85. The Labute approximate surface area is 175 Å². The average Bonchev–Trinajstić information content (AvgIpc) is 2.74. The van der Waals surface area contributed by atoms with E-state index in [-0.39, 0.29) is 6.61 Å². The van der Waals surface area contributed by atoms with Gasteiger partial charge in [0.1, 0.15) is 0 Å². The van der Waals surface area contributed by atoms with Crippen LogP contribution in [0.5, 0.6) is 11.5 Å². The van der Waals surface area contributed by atoms with Crippen LogP contribution in [0.3, 0.4) is 0 Å². The molecule has 0 unspecified atom stereocenters. The van der Waals surface area contributed by atoms with E-state index >= 15 is 0 Å². The summed E-state index contributed by atoms with van der Waals surface area (Å²) in [7, 11) is 1.58. The van der Waals surface area contributed by atoms with Crippen LogP contribution in [0.15, 0.2) is 54.1 Å². The molecule has 1 heterocycles. The zero-order valence-electron chi connectivity index (χ0n) is 16.7. The Morgan fingerprint density at radius 3 is 2.48 bits per heavy atom. The fourth-order valence-corrected chi connectivity index (χ4v) is 3.50. The lowest BCUT2D eigenvalue weighted by Crippen LogP contribution is -2.45. The van der Waals surface area contributed by atoms with E-state index in [0.717, 1.165) is 11.1 Å². The van der Waals surface area contributed by atoms with Crippen LogP contribution >= 0.6 is 12.2 Å². The monoisotopic (exact) mass is 412 g/mol. The van der Waals surface area contributed by atoms with E-state index in [1.165, 1.54) is 0 Å². The van der Waals surface area contributed by atoms with Crippen molar-refractivity contribution in [3.63, 3.8) is 0 Å². The number of benzene rings is 2. The predicted molar refractivity (Wildman–Crippen MR) is 116 cm³/mol. The van der Waals surface area contributed by atoms with Gasteiger partial charge in [0.15, 0.2) is 16.6 Å². The normalized spacial score (nSPS) is 16.0. The fourth-order valence-electron chi connectivity index (χ4n) is 3.28. The molecule has 0 fully saturated rings. The molecule has 0 aliphatic carbocycles. The SMILES string of the molecule is CCOC(=O)C1=C(c2ccccc2)NC(=S)N[C@@H]1c1cccc(OC)c1OCC. The second-order valence-electron chi connectivity index (χ2n) is 6.22. The van der Waals surface area contributed by atoms with Crippen molar-refractivity contribution in [2.45, 2.75) is 19.9 Å². The third-order valence-corrected chi connectivity index (χ3v) is 4.68. The number of rotatable bonds is 7. The number of nitrogens with one attached hydrogen (secondary N) is 2. The van der Waals surface area contributed by atoms with Crippen molar-refractivity contribution in [3.05, 3.63) is 65.2 Å². The standard InChI is InChI=1S/C22H24N2O4S/c1-4-27-20-15(12-9-13-16(20)26-3)19-17(21(25)28-5-2)18(23-22(29)24-19)14-10-7-6-8-11-14/h6-13,19H,4-5H2,1-3H3,(H2,23,24,29)/t19-/m1/s1. The van der Waals surface area contributed by atoms with Crippen molar-refractivity contribution in [3.8, 4) is 11.5 Å². The minimum atomic E-state index is -0.561. The number of thiocarbonyl (C=S) groups is 1. The van der Waals surface area contributed by atoms with Crippen LogP contribution in [-0.4, -0.2) is 31.4 Å². The highest BCUT2D eigenvalue weighted by Crippen LogP contribution is 2.40. The van der Waals surface area contributed by atoms with Gasteiger partial charge < -0.3 is 24.8 Å². The van der Waals surface area contributed by atoms with E-state index in [4.69, 9.17) is 26.4 Å². The number of methoxy groups -OCH3 is 1. The first-order valence-electron chi connectivity index (χ1n) is 9.44. The predicted octanol–water partition coefficient (Wildman–Crippen LogP) is 3.59. The van der Waals surface area contributed by atoms with Crippen LogP contribution in [-0.2, 0) is 9.53 Å². The Hall–Kier alpha value is -3.06. The van der Waals surface area contributed by atoms with Crippen LogP contribution in [0.1, 0.15) is 31.0 Å². The van der Waals surface area contributed by atoms with Crippen LogP contribution in [0.2, 0.25) is 0 Å². The number of esters is 1. The third kappa shape index (κ3) is 4.35. The van der Waals surface area contributed by atoms with Gasteiger partial charge in [0.25, 0.3) is 0 Å². The Kier molecular flexibility index (Phi) is 6.72. The van der Waals surface area contributed by atoms with Gasteiger partial charge in [0, 0.05) is 5.56 Å². The molecule has 6 nitrogen and oxygen atoms in total. The smallest absolute Gasteiger partial charge is 0.338 e. The minimum absolute atomic E-state index is 0.262. The van der Waals surface area contributed by atoms with Crippen LogP contribution < -0.4 is 20.1 Å². The Morgan fingerprint density at radius 1 is 1.07 bits per heavy atom. The summed E-state index contributed by atoms with van der Waals surface area (Å²) in [5.41, 5.74) is 2.63. The van der Waals surface area contributed by atoms with Gasteiger partial charge in [-0.1, -0.05) is 42.5 Å². The van der Waals surface area contributed by atoms with Crippen molar-refractivity contribution < 1.29 is 19.0 Å². The maximum absolute atomic E-state index is 13.0. The molecule has 0 aromatic heterocycles. The zero-order chi connectivity index (χ0) is 20.8. The summed E-state index contributed by atoms with van der Waals surface area (Å²) in [6, 6.07) is 14.6. The molecule has 2 aromatic carbocycles. The third-order valence-electron chi connectivity index (χ3n) is 4.46. The van der Waals surface area contributed by atoms with Gasteiger partial charge in [0.2, 0.25) is 0 Å². The van der Waals surface area contributed by atoms with Crippen molar-refractivity contribution in [1.29, 1.82) is 0 Å². The molecule has 29 heavy (non-hydrogen) atoms. The van der Waals surface area contributed by atoms with Gasteiger partial charge in [-0.15, -0.1) is 0 Å². The average molecular weight is 413 g/mol. The molecule has 2 aromatic rings. The van der Waals surface area contributed by atoms with Crippen LogP contribution in [0, 0.1) is 0 Å². The topological polar surface area (TPSA) is 68.8 Å². The van der Waals surface area contributed by atoms with Crippen LogP contribution in [0.4, 0.5) is 0 Å². The van der Waals surface area contributed by atoms with Gasteiger partial charge in [-0.25, -0.2) is 4.79 Å². The molecule has 3 rings (SSSR count). The quantitative estimate of drug-likeness (QED) is 0.532. The molecule has 0 spiro atoms. The molecule has 0 saturated carbocycles. The van der Waals surface area contributed by atoms with Gasteiger partial charge in [-0.05, 0) is 37.7 Å². The van der Waals surface area contributed by atoms with E-state index < -0.39 is 12.0 Å². The van der Waals surface area contributed by atoms with Crippen molar-refractivity contribution in [2.24, 2.45) is 0 Å². The van der Waals surface area contributed by atoms with E-state index in [0.29, 0.717) is 34.5 Å². The van der Waals surface area contributed by atoms with E-state index in [1.807, 2.05) is 55.5 Å². The van der Waals surface area contributed by atoms with Gasteiger partial charge in [0.05, 0.1) is 37.6 Å². The molecule has 1 aliphatic heterocycles. The highest BCUT2D eigenvalue weighted by Gasteiger charge is 2.35. The molecule has 7 heteroatoms. The van der Waals surface area contributed by atoms with Crippen molar-refractivity contribution in [2.75, 3.05) is 20.3 Å². The molecular formula is C22H24N2O4S. The highest BCUT2D eigenvalue weighted by molar-refractivity contribution is 7.80. The van der Waals surface area contributed by atoms with Gasteiger partial charge >= 0.3 is 5.97 Å². The van der Waals surface area contributed by atoms with Gasteiger partial charge in [-0.2, -0.15) is 0 Å². The largest absolute Gasteiger partial charge is 0.493 e. The number of ether oxygens (including phenoxy) is 3. The second-order valence-corrected chi connectivity index (χ2v) is 6.63. The molecule has 0 amide bonds. The van der Waals surface area contributed by atoms with Crippen molar-refractivity contribution >= 4 is 29.0 Å². The molecule has 0 radical (unpaired) electrons. The Balaban J connectivity index is 2.24. The van der Waals surface area contributed by atoms with E-state index in [9.17, 15) is 4.79 Å². The maximum Gasteiger partial charge on any atom is 0.338 e. The zero-order valence-corrected chi connectivity index (χ0v) is 17.5. The number of carbonyl (C=O) groups is 1. The summed E-state index contributed by atoms with van der Waals surface area (Å²) in [5.74, 6) is 0.720. The number of hydrogen-bond acceptors (Lipinski definition) is 5.